The van der Waals surface area contributed by atoms with E-state index in [4.69, 9.17) is 0 Å². The Labute approximate surface area is 158 Å². The average molecular weight is 355 g/mol. The van der Waals surface area contributed by atoms with Gasteiger partial charge in [0.05, 0.1) is 12.5 Å². The zero-order valence-corrected chi connectivity index (χ0v) is 15.0. The summed E-state index contributed by atoms with van der Waals surface area (Å²) < 4.78 is 2.26. The first-order valence-corrected chi connectivity index (χ1v) is 9.36. The van der Waals surface area contributed by atoms with E-state index in [9.17, 15) is 4.79 Å². The van der Waals surface area contributed by atoms with Crippen molar-refractivity contribution in [1.82, 2.24) is 14.5 Å². The van der Waals surface area contributed by atoms with Gasteiger partial charge >= 0.3 is 0 Å². The van der Waals surface area contributed by atoms with Crippen molar-refractivity contribution in [2.24, 2.45) is 0 Å². The van der Waals surface area contributed by atoms with E-state index in [-0.39, 0.29) is 11.9 Å². The summed E-state index contributed by atoms with van der Waals surface area (Å²) in [5.74, 6) is 0.168. The Morgan fingerprint density at radius 1 is 0.963 bits per heavy atom. The molecule has 2 aromatic carbocycles. The highest BCUT2D eigenvalue weighted by molar-refractivity contribution is 5.89. The van der Waals surface area contributed by atoms with E-state index in [0.29, 0.717) is 6.42 Å². The zero-order valence-electron chi connectivity index (χ0n) is 15.0. The molecule has 1 unspecified atom stereocenters. The van der Waals surface area contributed by atoms with Gasteiger partial charge in [0, 0.05) is 42.1 Å². The second-order valence-corrected chi connectivity index (χ2v) is 7.06. The van der Waals surface area contributed by atoms with Crippen LogP contribution in [0.15, 0.2) is 79.1 Å². The lowest BCUT2D eigenvalue weighted by Gasteiger charge is -2.37. The largest absolute Gasteiger partial charge is 0.361 e. The Morgan fingerprint density at radius 2 is 1.78 bits per heavy atom. The maximum absolute atomic E-state index is 13.3. The van der Waals surface area contributed by atoms with E-state index >= 15 is 0 Å². The molecule has 0 saturated carbocycles. The number of rotatable bonds is 3. The molecule has 3 heterocycles. The summed E-state index contributed by atoms with van der Waals surface area (Å²) in [6, 6.07) is 22.6. The molecule has 4 heteroatoms. The lowest BCUT2D eigenvalue weighted by atomic mass is 9.99. The third-order valence-electron chi connectivity index (χ3n) is 5.49. The van der Waals surface area contributed by atoms with Gasteiger partial charge in [0.1, 0.15) is 0 Å². The SMILES string of the molecule is O=C(Cc1c[nH]c2ccccc12)N1CCn2cccc2C1c1ccccc1. The zero-order chi connectivity index (χ0) is 18.2. The van der Waals surface area contributed by atoms with Crippen molar-refractivity contribution < 1.29 is 4.79 Å². The number of aromatic nitrogens is 2. The van der Waals surface area contributed by atoms with E-state index in [2.05, 4.69) is 46.1 Å². The van der Waals surface area contributed by atoms with Crippen molar-refractivity contribution in [3.63, 3.8) is 0 Å². The number of para-hydroxylation sites is 1. The molecule has 5 rings (SSSR count). The maximum atomic E-state index is 13.3. The van der Waals surface area contributed by atoms with Gasteiger partial charge in [0.15, 0.2) is 0 Å². The van der Waals surface area contributed by atoms with Crippen molar-refractivity contribution >= 4 is 16.8 Å². The number of amides is 1. The molecular formula is C23H21N3O. The molecule has 0 bridgehead atoms. The molecule has 4 nitrogen and oxygen atoms in total. The lowest BCUT2D eigenvalue weighted by molar-refractivity contribution is -0.133. The van der Waals surface area contributed by atoms with Crippen LogP contribution in [0.25, 0.3) is 10.9 Å². The van der Waals surface area contributed by atoms with Crippen molar-refractivity contribution in [3.05, 3.63) is 95.9 Å². The van der Waals surface area contributed by atoms with E-state index in [1.807, 2.05) is 47.5 Å². The summed E-state index contributed by atoms with van der Waals surface area (Å²) in [6.07, 6.45) is 4.48. The molecule has 0 radical (unpaired) electrons. The van der Waals surface area contributed by atoms with Crippen LogP contribution < -0.4 is 0 Å². The molecule has 0 aliphatic carbocycles. The van der Waals surface area contributed by atoms with Gasteiger partial charge in [-0.1, -0.05) is 48.5 Å². The van der Waals surface area contributed by atoms with E-state index < -0.39 is 0 Å². The minimum Gasteiger partial charge on any atom is -0.361 e. The standard InChI is InChI=1S/C23H21N3O/c27-22(15-18-16-24-20-10-5-4-9-19(18)20)26-14-13-25-12-6-11-21(25)23(26)17-7-2-1-3-8-17/h1-12,16,23-24H,13-15H2. The monoisotopic (exact) mass is 355 g/mol. The smallest absolute Gasteiger partial charge is 0.227 e. The first-order valence-electron chi connectivity index (χ1n) is 9.36. The molecule has 1 aliphatic heterocycles. The Hall–Kier alpha value is -3.27. The summed E-state index contributed by atoms with van der Waals surface area (Å²) in [5.41, 5.74) is 4.47. The third kappa shape index (κ3) is 2.74. The Kier molecular flexibility index (Phi) is 3.82. The lowest BCUT2D eigenvalue weighted by Crippen LogP contribution is -2.43. The summed E-state index contributed by atoms with van der Waals surface area (Å²) in [7, 11) is 0. The number of carbonyl (C=O) groups excluding carboxylic acids is 1. The summed E-state index contributed by atoms with van der Waals surface area (Å²) in [5, 5.41) is 1.13. The Morgan fingerprint density at radius 3 is 2.67 bits per heavy atom. The number of carbonyl (C=O) groups is 1. The molecule has 4 aromatic rings. The molecule has 0 spiro atoms. The highest BCUT2D eigenvalue weighted by Crippen LogP contribution is 2.33. The second kappa shape index (κ2) is 6.47. The van der Waals surface area contributed by atoms with E-state index in [1.165, 1.54) is 5.69 Å². The number of hydrogen-bond donors (Lipinski definition) is 1. The quantitative estimate of drug-likeness (QED) is 0.589. The van der Waals surface area contributed by atoms with E-state index in [1.54, 1.807) is 0 Å². The highest BCUT2D eigenvalue weighted by atomic mass is 16.2. The number of benzene rings is 2. The van der Waals surface area contributed by atoms with Crippen molar-refractivity contribution in [3.8, 4) is 0 Å². The van der Waals surface area contributed by atoms with Crippen LogP contribution in [0.3, 0.4) is 0 Å². The molecular weight excluding hydrogens is 334 g/mol. The number of nitrogens with one attached hydrogen (secondary N) is 1. The molecule has 1 aliphatic rings. The van der Waals surface area contributed by atoms with Crippen LogP contribution in [-0.4, -0.2) is 26.9 Å². The minimum absolute atomic E-state index is 0.0346. The summed E-state index contributed by atoms with van der Waals surface area (Å²) >= 11 is 0. The van der Waals surface area contributed by atoms with Gasteiger partial charge in [-0.15, -0.1) is 0 Å². The fourth-order valence-corrected chi connectivity index (χ4v) is 4.18. The van der Waals surface area contributed by atoms with Crippen molar-refractivity contribution in [2.75, 3.05) is 6.54 Å². The molecule has 1 amide bonds. The van der Waals surface area contributed by atoms with Gasteiger partial charge < -0.3 is 14.5 Å². The predicted octanol–water partition coefficient (Wildman–Crippen LogP) is 4.14. The van der Waals surface area contributed by atoms with Gasteiger partial charge in [-0.05, 0) is 29.3 Å². The predicted molar refractivity (Wildman–Crippen MR) is 106 cm³/mol. The van der Waals surface area contributed by atoms with Gasteiger partial charge in [0.25, 0.3) is 0 Å². The van der Waals surface area contributed by atoms with Crippen LogP contribution in [0.4, 0.5) is 0 Å². The summed E-state index contributed by atoms with van der Waals surface area (Å²) in [4.78, 5) is 18.6. The van der Waals surface area contributed by atoms with Crippen LogP contribution in [0.5, 0.6) is 0 Å². The van der Waals surface area contributed by atoms with Gasteiger partial charge in [-0.25, -0.2) is 0 Å². The second-order valence-electron chi connectivity index (χ2n) is 7.06. The third-order valence-corrected chi connectivity index (χ3v) is 5.49. The fraction of sp³-hybridized carbons (Fsp3) is 0.174. The van der Waals surface area contributed by atoms with E-state index in [0.717, 1.165) is 35.1 Å². The Bertz CT molecular complexity index is 1090. The maximum Gasteiger partial charge on any atom is 0.227 e. The number of nitrogens with zero attached hydrogens (tertiary/aromatic N) is 2. The molecule has 1 atom stereocenters. The van der Waals surface area contributed by atoms with Gasteiger partial charge in [0.2, 0.25) is 5.91 Å². The van der Waals surface area contributed by atoms with Crippen LogP contribution in [0.1, 0.15) is 22.9 Å². The number of H-pyrrole nitrogens is 1. The first-order chi connectivity index (χ1) is 13.3. The highest BCUT2D eigenvalue weighted by Gasteiger charge is 2.32. The molecule has 0 saturated heterocycles. The first kappa shape index (κ1) is 15.9. The van der Waals surface area contributed by atoms with Gasteiger partial charge in [-0.2, -0.15) is 0 Å². The minimum atomic E-state index is -0.0346. The molecule has 1 N–H and O–H groups in total. The molecule has 0 fully saturated rings. The van der Waals surface area contributed by atoms with Crippen LogP contribution in [-0.2, 0) is 17.8 Å². The number of fused-ring (bicyclic) bond motifs is 2. The van der Waals surface area contributed by atoms with Crippen molar-refractivity contribution in [2.45, 2.75) is 19.0 Å². The molecule has 27 heavy (non-hydrogen) atoms. The normalized spacial score (nSPS) is 16.4. The van der Waals surface area contributed by atoms with Crippen LogP contribution in [0.2, 0.25) is 0 Å². The van der Waals surface area contributed by atoms with Crippen LogP contribution >= 0.6 is 0 Å². The topological polar surface area (TPSA) is 41.0 Å². The van der Waals surface area contributed by atoms with Crippen LogP contribution in [0, 0.1) is 0 Å². The molecule has 2 aromatic heterocycles. The summed E-state index contributed by atoms with van der Waals surface area (Å²) in [6.45, 7) is 1.56. The number of hydrogen-bond acceptors (Lipinski definition) is 1. The van der Waals surface area contributed by atoms with Gasteiger partial charge in [-0.3, -0.25) is 4.79 Å². The number of aromatic amines is 1. The molecule has 134 valence electrons. The fourth-order valence-electron chi connectivity index (χ4n) is 4.18. The Balaban J connectivity index is 1.50. The average Bonchev–Trinajstić information content (AvgIpc) is 3.35. The van der Waals surface area contributed by atoms with Crippen molar-refractivity contribution in [1.29, 1.82) is 0 Å².